The Morgan fingerprint density at radius 2 is 1.77 bits per heavy atom. The van der Waals surface area contributed by atoms with Crippen molar-refractivity contribution in [3.63, 3.8) is 0 Å². The van der Waals surface area contributed by atoms with E-state index >= 15 is 0 Å². The van der Waals surface area contributed by atoms with Gasteiger partial charge in [-0.25, -0.2) is 0 Å². The molecule has 0 aliphatic heterocycles. The summed E-state index contributed by atoms with van der Waals surface area (Å²) in [4.78, 5) is 11.9. The molecule has 0 aromatic rings. The summed E-state index contributed by atoms with van der Waals surface area (Å²) in [5.41, 5.74) is -0.414. The maximum absolute atomic E-state index is 11.9. The number of carbonyl (C=O) groups excluding carboxylic acids is 1. The Labute approximate surface area is 80.7 Å². The average molecular weight is 184 g/mol. The number of hydrogen-bond acceptors (Lipinski definition) is 2. The van der Waals surface area contributed by atoms with Gasteiger partial charge in [-0.2, -0.15) is 0 Å². The topological polar surface area (TPSA) is 26.3 Å². The lowest BCUT2D eigenvalue weighted by Gasteiger charge is -2.42. The molecular weight excluding hydrogens is 164 g/mol. The fourth-order valence-electron chi connectivity index (χ4n) is 1.90. The first-order valence-corrected chi connectivity index (χ1v) is 5.20. The van der Waals surface area contributed by atoms with Gasteiger partial charge in [0.05, 0.1) is 6.10 Å². The van der Waals surface area contributed by atoms with Gasteiger partial charge in [0, 0.05) is 5.92 Å². The largest absolute Gasteiger partial charge is 0.365 e. The molecular formula is C11H20O2. The van der Waals surface area contributed by atoms with Crippen molar-refractivity contribution in [2.75, 3.05) is 0 Å². The second-order valence-electron chi connectivity index (χ2n) is 4.53. The van der Waals surface area contributed by atoms with Crippen LogP contribution in [-0.4, -0.2) is 17.5 Å². The molecule has 0 aromatic heterocycles. The molecule has 13 heavy (non-hydrogen) atoms. The molecule has 0 heterocycles. The molecule has 76 valence electrons. The average Bonchev–Trinajstić information content (AvgIpc) is 1.95. The second-order valence-corrected chi connectivity index (χ2v) is 4.53. The second kappa shape index (κ2) is 3.79. The Morgan fingerprint density at radius 1 is 1.23 bits per heavy atom. The van der Waals surface area contributed by atoms with Gasteiger partial charge in [-0.05, 0) is 33.1 Å². The summed E-state index contributed by atoms with van der Waals surface area (Å²) in [6, 6.07) is 0. The van der Waals surface area contributed by atoms with E-state index in [-0.39, 0.29) is 17.8 Å². The molecule has 1 rings (SSSR count). The molecule has 0 bridgehead atoms. The van der Waals surface area contributed by atoms with E-state index in [0.29, 0.717) is 0 Å². The Kier molecular flexibility index (Phi) is 3.12. The van der Waals surface area contributed by atoms with Crippen LogP contribution in [0.1, 0.15) is 47.0 Å². The van der Waals surface area contributed by atoms with Crippen LogP contribution in [0.2, 0.25) is 0 Å². The summed E-state index contributed by atoms with van der Waals surface area (Å²) in [6.45, 7) is 7.89. The quantitative estimate of drug-likeness (QED) is 0.671. The van der Waals surface area contributed by atoms with Gasteiger partial charge in [0.1, 0.15) is 5.60 Å². The molecule has 1 aliphatic carbocycles. The highest BCUT2D eigenvalue weighted by Gasteiger charge is 2.46. The van der Waals surface area contributed by atoms with Crippen molar-refractivity contribution < 1.29 is 9.53 Å². The van der Waals surface area contributed by atoms with Crippen LogP contribution in [0.15, 0.2) is 0 Å². The predicted octanol–water partition coefficient (Wildman–Crippen LogP) is 2.56. The normalized spacial score (nSPS) is 20.5. The highest BCUT2D eigenvalue weighted by atomic mass is 16.5. The van der Waals surface area contributed by atoms with Crippen LogP contribution in [0.4, 0.5) is 0 Å². The van der Waals surface area contributed by atoms with Crippen LogP contribution in [0.25, 0.3) is 0 Å². The highest BCUT2D eigenvalue weighted by Crippen LogP contribution is 2.39. The SMILES string of the molecule is CC(C)OC1(C(=O)C(C)C)CCC1. The van der Waals surface area contributed by atoms with Crippen molar-refractivity contribution in [3.8, 4) is 0 Å². The van der Waals surface area contributed by atoms with Gasteiger partial charge < -0.3 is 4.74 Å². The van der Waals surface area contributed by atoms with E-state index in [9.17, 15) is 4.79 Å². The molecule has 0 N–H and O–H groups in total. The smallest absolute Gasteiger partial charge is 0.167 e. The Balaban J connectivity index is 2.64. The van der Waals surface area contributed by atoms with Crippen LogP contribution < -0.4 is 0 Å². The van der Waals surface area contributed by atoms with Gasteiger partial charge in [0.15, 0.2) is 5.78 Å². The van der Waals surface area contributed by atoms with Gasteiger partial charge in [-0.3, -0.25) is 4.79 Å². The monoisotopic (exact) mass is 184 g/mol. The Hall–Kier alpha value is -0.370. The third kappa shape index (κ3) is 2.11. The lowest BCUT2D eigenvalue weighted by Crippen LogP contribution is -2.51. The van der Waals surface area contributed by atoms with Crippen LogP contribution in [-0.2, 0) is 9.53 Å². The molecule has 0 saturated heterocycles. The van der Waals surface area contributed by atoms with Crippen molar-refractivity contribution in [2.24, 2.45) is 5.92 Å². The Morgan fingerprint density at radius 3 is 2.00 bits per heavy atom. The maximum Gasteiger partial charge on any atom is 0.167 e. The minimum Gasteiger partial charge on any atom is -0.365 e. The third-order valence-electron chi connectivity index (χ3n) is 2.60. The lowest BCUT2D eigenvalue weighted by molar-refractivity contribution is -0.169. The first-order chi connectivity index (χ1) is 5.98. The first kappa shape index (κ1) is 10.7. The molecule has 0 amide bonds. The minimum absolute atomic E-state index is 0.0963. The summed E-state index contributed by atoms with van der Waals surface area (Å²) in [6.07, 6.45) is 3.12. The van der Waals surface area contributed by atoms with Gasteiger partial charge in [0.25, 0.3) is 0 Å². The van der Waals surface area contributed by atoms with E-state index in [2.05, 4.69) is 0 Å². The van der Waals surface area contributed by atoms with Crippen molar-refractivity contribution in [1.82, 2.24) is 0 Å². The van der Waals surface area contributed by atoms with E-state index < -0.39 is 5.60 Å². The first-order valence-electron chi connectivity index (χ1n) is 5.20. The molecule has 2 nitrogen and oxygen atoms in total. The molecule has 2 heteroatoms. The minimum atomic E-state index is -0.414. The van der Waals surface area contributed by atoms with E-state index in [1.807, 2.05) is 27.7 Å². The molecule has 1 fully saturated rings. The highest BCUT2D eigenvalue weighted by molar-refractivity contribution is 5.89. The zero-order valence-corrected chi connectivity index (χ0v) is 9.09. The number of hydrogen-bond donors (Lipinski definition) is 0. The number of ether oxygens (including phenoxy) is 1. The fourth-order valence-corrected chi connectivity index (χ4v) is 1.90. The van der Waals surface area contributed by atoms with Crippen LogP contribution in [0.3, 0.4) is 0 Å². The summed E-state index contributed by atoms with van der Waals surface area (Å²) in [5, 5.41) is 0. The molecule has 0 radical (unpaired) electrons. The van der Waals surface area contributed by atoms with Crippen LogP contribution in [0, 0.1) is 5.92 Å². The van der Waals surface area contributed by atoms with Gasteiger partial charge in [0.2, 0.25) is 0 Å². The lowest BCUT2D eigenvalue weighted by atomic mass is 9.73. The van der Waals surface area contributed by atoms with Crippen molar-refractivity contribution in [2.45, 2.75) is 58.7 Å². The summed E-state index contributed by atoms with van der Waals surface area (Å²) >= 11 is 0. The van der Waals surface area contributed by atoms with Crippen LogP contribution >= 0.6 is 0 Å². The predicted molar refractivity (Wildman–Crippen MR) is 52.6 cm³/mol. The number of Topliss-reactive ketones (excluding diaryl/α,β-unsaturated/α-hetero) is 1. The molecule has 0 aromatic carbocycles. The molecule has 1 saturated carbocycles. The summed E-state index contributed by atoms with van der Waals surface area (Å²) in [7, 11) is 0. The van der Waals surface area contributed by atoms with Crippen molar-refractivity contribution in [1.29, 1.82) is 0 Å². The van der Waals surface area contributed by atoms with Crippen molar-refractivity contribution >= 4 is 5.78 Å². The van der Waals surface area contributed by atoms with Gasteiger partial charge >= 0.3 is 0 Å². The number of ketones is 1. The van der Waals surface area contributed by atoms with E-state index in [4.69, 9.17) is 4.74 Å². The van der Waals surface area contributed by atoms with Crippen LogP contribution in [0.5, 0.6) is 0 Å². The zero-order chi connectivity index (χ0) is 10.1. The fraction of sp³-hybridized carbons (Fsp3) is 0.909. The zero-order valence-electron chi connectivity index (χ0n) is 9.09. The molecule has 0 unspecified atom stereocenters. The van der Waals surface area contributed by atoms with E-state index in [1.165, 1.54) is 0 Å². The number of carbonyl (C=O) groups is 1. The van der Waals surface area contributed by atoms with Gasteiger partial charge in [-0.15, -0.1) is 0 Å². The van der Waals surface area contributed by atoms with E-state index in [1.54, 1.807) is 0 Å². The maximum atomic E-state index is 11.9. The summed E-state index contributed by atoms with van der Waals surface area (Å²) in [5.74, 6) is 0.381. The van der Waals surface area contributed by atoms with E-state index in [0.717, 1.165) is 19.3 Å². The molecule has 1 aliphatic rings. The molecule has 0 atom stereocenters. The van der Waals surface area contributed by atoms with Crippen molar-refractivity contribution in [3.05, 3.63) is 0 Å². The Bertz CT molecular complexity index is 190. The number of rotatable bonds is 4. The summed E-state index contributed by atoms with van der Waals surface area (Å²) < 4.78 is 5.75. The molecule has 0 spiro atoms. The third-order valence-corrected chi connectivity index (χ3v) is 2.60. The van der Waals surface area contributed by atoms with Gasteiger partial charge in [-0.1, -0.05) is 13.8 Å². The standard InChI is InChI=1S/C11H20O2/c1-8(2)10(12)11(6-5-7-11)13-9(3)4/h8-9H,5-7H2,1-4H3.